The third kappa shape index (κ3) is 4.13. The quantitative estimate of drug-likeness (QED) is 0.774. The molecule has 5 nitrogen and oxygen atoms in total. The molecule has 0 saturated heterocycles. The summed E-state index contributed by atoms with van der Waals surface area (Å²) in [4.78, 5) is 11.4. The molecule has 0 heterocycles. The predicted octanol–water partition coefficient (Wildman–Crippen LogP) is 0.434. The molecule has 0 aromatic heterocycles. The number of hydrogen-bond acceptors (Lipinski definition) is 4. The maximum atomic E-state index is 11.4. The minimum absolute atomic E-state index is 0.124. The zero-order chi connectivity index (χ0) is 12.7. The highest BCUT2D eigenvalue weighted by molar-refractivity contribution is 5.77. The smallest absolute Gasteiger partial charge is 0.258 e. The van der Waals surface area contributed by atoms with Gasteiger partial charge in [-0.05, 0) is 19.1 Å². The lowest BCUT2D eigenvalue weighted by atomic mass is 10.2. The molecule has 0 saturated carbocycles. The number of amides is 1. The molecule has 1 atom stereocenters. The third-order valence-corrected chi connectivity index (χ3v) is 2.05. The van der Waals surface area contributed by atoms with Crippen LogP contribution in [0.4, 0.5) is 0 Å². The first-order chi connectivity index (χ1) is 8.17. The van der Waals surface area contributed by atoms with Crippen molar-refractivity contribution in [2.24, 2.45) is 0 Å². The van der Waals surface area contributed by atoms with Crippen LogP contribution in [0.2, 0.25) is 0 Å². The first kappa shape index (κ1) is 13.0. The summed E-state index contributed by atoms with van der Waals surface area (Å²) >= 11 is 0. The van der Waals surface area contributed by atoms with Gasteiger partial charge >= 0.3 is 0 Å². The van der Waals surface area contributed by atoms with Crippen LogP contribution < -0.4 is 10.1 Å². The maximum absolute atomic E-state index is 11.4. The number of carbonyl (C=O) groups is 1. The zero-order valence-corrected chi connectivity index (χ0v) is 9.51. The number of ether oxygens (including phenoxy) is 1. The molecule has 90 valence electrons. The van der Waals surface area contributed by atoms with Gasteiger partial charge in [0.25, 0.3) is 5.91 Å². The van der Waals surface area contributed by atoms with Crippen LogP contribution in [0.1, 0.15) is 12.5 Å². The fraction of sp³-hybridized carbons (Fsp3) is 0.333. The maximum Gasteiger partial charge on any atom is 0.258 e. The second kappa shape index (κ2) is 6.51. The number of nitrogens with one attached hydrogen (secondary N) is 1. The van der Waals surface area contributed by atoms with Gasteiger partial charge in [-0.15, -0.1) is 0 Å². The molecular formula is C12H14N2O3. The van der Waals surface area contributed by atoms with Crippen LogP contribution in [-0.4, -0.2) is 30.3 Å². The van der Waals surface area contributed by atoms with Crippen LogP contribution in [0.15, 0.2) is 24.3 Å². The Kier molecular flexibility index (Phi) is 4.98. The van der Waals surface area contributed by atoms with Gasteiger partial charge in [-0.3, -0.25) is 4.79 Å². The first-order valence-electron chi connectivity index (χ1n) is 5.19. The SMILES string of the molecule is C[C@@H](CO)NC(=O)COc1ccccc1C#N. The van der Waals surface area contributed by atoms with E-state index in [-0.39, 0.29) is 25.2 Å². The molecule has 5 heteroatoms. The van der Waals surface area contributed by atoms with E-state index in [9.17, 15) is 4.79 Å². The van der Waals surface area contributed by atoms with E-state index in [1.807, 2.05) is 6.07 Å². The molecule has 1 aromatic carbocycles. The van der Waals surface area contributed by atoms with E-state index in [0.29, 0.717) is 11.3 Å². The first-order valence-corrected chi connectivity index (χ1v) is 5.19. The largest absolute Gasteiger partial charge is 0.482 e. The van der Waals surface area contributed by atoms with Crippen molar-refractivity contribution in [3.05, 3.63) is 29.8 Å². The Morgan fingerprint density at radius 2 is 2.29 bits per heavy atom. The number of nitriles is 1. The Morgan fingerprint density at radius 1 is 1.59 bits per heavy atom. The normalized spacial score (nSPS) is 11.4. The zero-order valence-electron chi connectivity index (χ0n) is 9.51. The van der Waals surface area contributed by atoms with Crippen molar-refractivity contribution in [3.63, 3.8) is 0 Å². The molecule has 0 fully saturated rings. The lowest BCUT2D eigenvalue weighted by molar-refractivity contribution is -0.124. The van der Waals surface area contributed by atoms with Crippen LogP contribution in [0.5, 0.6) is 5.75 Å². The topological polar surface area (TPSA) is 82.3 Å². The summed E-state index contributed by atoms with van der Waals surface area (Å²) in [6, 6.07) is 8.36. The fourth-order valence-electron chi connectivity index (χ4n) is 1.19. The van der Waals surface area contributed by atoms with E-state index in [1.165, 1.54) is 0 Å². The number of rotatable bonds is 5. The number of benzene rings is 1. The van der Waals surface area contributed by atoms with Gasteiger partial charge in [0.15, 0.2) is 6.61 Å². The van der Waals surface area contributed by atoms with Crippen molar-refractivity contribution in [3.8, 4) is 11.8 Å². The van der Waals surface area contributed by atoms with E-state index in [4.69, 9.17) is 15.1 Å². The Morgan fingerprint density at radius 3 is 2.94 bits per heavy atom. The molecule has 2 N–H and O–H groups in total. The number of aliphatic hydroxyl groups is 1. The number of carbonyl (C=O) groups excluding carboxylic acids is 1. The second-order valence-electron chi connectivity index (χ2n) is 3.55. The standard InChI is InChI=1S/C12H14N2O3/c1-9(7-15)14-12(16)8-17-11-5-3-2-4-10(11)6-13/h2-5,9,15H,7-8H2,1H3,(H,14,16)/t9-/m0/s1. The Bertz CT molecular complexity index is 426. The van der Waals surface area contributed by atoms with E-state index in [2.05, 4.69) is 5.32 Å². The van der Waals surface area contributed by atoms with Gasteiger partial charge < -0.3 is 15.2 Å². The van der Waals surface area contributed by atoms with Gasteiger partial charge in [-0.2, -0.15) is 5.26 Å². The summed E-state index contributed by atoms with van der Waals surface area (Å²) in [6.07, 6.45) is 0. The van der Waals surface area contributed by atoms with E-state index < -0.39 is 0 Å². The summed E-state index contributed by atoms with van der Waals surface area (Å²) in [5.74, 6) is 0.0427. The average molecular weight is 234 g/mol. The van der Waals surface area contributed by atoms with Crippen LogP contribution in [0, 0.1) is 11.3 Å². The third-order valence-electron chi connectivity index (χ3n) is 2.05. The highest BCUT2D eigenvalue weighted by atomic mass is 16.5. The number of hydrogen-bond donors (Lipinski definition) is 2. The van der Waals surface area contributed by atoms with E-state index in [1.54, 1.807) is 31.2 Å². The predicted molar refractivity (Wildman–Crippen MR) is 61.3 cm³/mol. The minimum atomic E-state index is -0.334. The molecule has 0 bridgehead atoms. The van der Waals surface area contributed by atoms with E-state index >= 15 is 0 Å². The molecule has 1 amide bonds. The summed E-state index contributed by atoms with van der Waals surface area (Å²) in [5.41, 5.74) is 0.385. The summed E-state index contributed by atoms with van der Waals surface area (Å²) in [7, 11) is 0. The molecule has 1 aromatic rings. The van der Waals surface area contributed by atoms with Crippen molar-refractivity contribution in [1.82, 2.24) is 5.32 Å². The number of para-hydroxylation sites is 1. The molecule has 0 aliphatic heterocycles. The second-order valence-corrected chi connectivity index (χ2v) is 3.55. The Labute approximate surface area is 99.6 Å². The monoisotopic (exact) mass is 234 g/mol. The summed E-state index contributed by atoms with van der Waals surface area (Å²) in [6.45, 7) is 1.38. The van der Waals surface area contributed by atoms with Gasteiger partial charge in [0.2, 0.25) is 0 Å². The summed E-state index contributed by atoms with van der Waals surface area (Å²) < 4.78 is 5.22. The molecular weight excluding hydrogens is 220 g/mol. The Hall–Kier alpha value is -2.06. The molecule has 0 unspecified atom stereocenters. The van der Waals surface area contributed by atoms with Crippen LogP contribution in [-0.2, 0) is 4.79 Å². The highest BCUT2D eigenvalue weighted by Crippen LogP contribution is 2.15. The van der Waals surface area contributed by atoms with Crippen molar-refractivity contribution in [2.75, 3.05) is 13.2 Å². The minimum Gasteiger partial charge on any atom is -0.482 e. The van der Waals surface area contributed by atoms with Crippen molar-refractivity contribution in [1.29, 1.82) is 5.26 Å². The van der Waals surface area contributed by atoms with Crippen molar-refractivity contribution < 1.29 is 14.6 Å². The molecule has 0 spiro atoms. The summed E-state index contributed by atoms with van der Waals surface area (Å²) in [5, 5.41) is 20.1. The molecule has 0 aliphatic carbocycles. The van der Waals surface area contributed by atoms with Gasteiger partial charge in [0.1, 0.15) is 11.8 Å². The average Bonchev–Trinajstić information content (AvgIpc) is 2.36. The number of aliphatic hydroxyl groups excluding tert-OH is 1. The van der Waals surface area contributed by atoms with Crippen LogP contribution in [0.3, 0.4) is 0 Å². The molecule has 0 radical (unpaired) electrons. The van der Waals surface area contributed by atoms with Crippen LogP contribution >= 0.6 is 0 Å². The lowest BCUT2D eigenvalue weighted by Gasteiger charge is -2.11. The van der Waals surface area contributed by atoms with Gasteiger partial charge in [-0.1, -0.05) is 12.1 Å². The Balaban J connectivity index is 2.51. The van der Waals surface area contributed by atoms with Crippen LogP contribution in [0.25, 0.3) is 0 Å². The van der Waals surface area contributed by atoms with Crippen molar-refractivity contribution in [2.45, 2.75) is 13.0 Å². The van der Waals surface area contributed by atoms with Gasteiger partial charge in [0.05, 0.1) is 12.2 Å². The van der Waals surface area contributed by atoms with Gasteiger partial charge in [-0.25, -0.2) is 0 Å². The number of nitrogens with zero attached hydrogens (tertiary/aromatic N) is 1. The fourth-order valence-corrected chi connectivity index (χ4v) is 1.19. The lowest BCUT2D eigenvalue weighted by Crippen LogP contribution is -2.38. The molecule has 0 aliphatic rings. The highest BCUT2D eigenvalue weighted by Gasteiger charge is 2.08. The van der Waals surface area contributed by atoms with E-state index in [0.717, 1.165) is 0 Å². The van der Waals surface area contributed by atoms with Gasteiger partial charge in [0, 0.05) is 6.04 Å². The van der Waals surface area contributed by atoms with Crippen molar-refractivity contribution >= 4 is 5.91 Å². The molecule has 17 heavy (non-hydrogen) atoms. The molecule has 1 rings (SSSR count).